The Kier molecular flexibility index (Phi) is 10.4. The first-order valence-corrected chi connectivity index (χ1v) is 6.83. The number of halogens is 1. The van der Waals surface area contributed by atoms with Crippen LogP contribution in [-0.4, -0.2) is 40.3 Å². The van der Waals surface area contributed by atoms with Crippen molar-refractivity contribution in [2.45, 2.75) is 19.3 Å². The number of nitrogens with one attached hydrogen (secondary N) is 2. The monoisotopic (exact) mass is 316 g/mol. The van der Waals surface area contributed by atoms with Gasteiger partial charge in [-0.15, -0.1) is 12.4 Å². The summed E-state index contributed by atoms with van der Waals surface area (Å²) in [5.74, 6) is 1.56. The van der Waals surface area contributed by atoms with E-state index in [2.05, 4.69) is 10.6 Å². The van der Waals surface area contributed by atoms with Gasteiger partial charge in [-0.2, -0.15) is 0 Å². The molecule has 120 valence electrons. The summed E-state index contributed by atoms with van der Waals surface area (Å²) in [7, 11) is 5.14. The second kappa shape index (κ2) is 11.2. The van der Waals surface area contributed by atoms with Gasteiger partial charge in [0, 0.05) is 19.0 Å². The van der Waals surface area contributed by atoms with E-state index >= 15 is 0 Å². The Bertz CT molecular complexity index is 405. The molecule has 0 bridgehead atoms. The number of rotatable bonds is 9. The van der Waals surface area contributed by atoms with Crippen LogP contribution < -0.4 is 20.1 Å². The number of benzene rings is 1. The Morgan fingerprint density at radius 3 is 2.24 bits per heavy atom. The quantitative estimate of drug-likeness (QED) is 0.682. The molecule has 1 rings (SSSR count). The van der Waals surface area contributed by atoms with Crippen LogP contribution in [0.15, 0.2) is 18.2 Å². The minimum absolute atomic E-state index is 0. The Morgan fingerprint density at radius 1 is 1.10 bits per heavy atom. The molecule has 5 nitrogen and oxygen atoms in total. The van der Waals surface area contributed by atoms with E-state index in [0.717, 1.165) is 30.0 Å². The van der Waals surface area contributed by atoms with Gasteiger partial charge in [0.2, 0.25) is 5.91 Å². The number of ether oxygens (including phenoxy) is 2. The predicted molar refractivity (Wildman–Crippen MR) is 86.7 cm³/mol. The van der Waals surface area contributed by atoms with E-state index in [1.807, 2.05) is 25.2 Å². The van der Waals surface area contributed by atoms with Gasteiger partial charge in [0.05, 0.1) is 14.2 Å². The number of carbonyl (C=O) groups excluding carboxylic acids is 1. The second-order valence-electron chi connectivity index (χ2n) is 4.53. The first-order valence-electron chi connectivity index (χ1n) is 6.83. The lowest BCUT2D eigenvalue weighted by atomic mass is 10.1. The van der Waals surface area contributed by atoms with Crippen molar-refractivity contribution in [1.82, 2.24) is 10.6 Å². The maximum absolute atomic E-state index is 11.7. The summed E-state index contributed by atoms with van der Waals surface area (Å²) in [6, 6.07) is 5.68. The molecule has 1 amide bonds. The van der Waals surface area contributed by atoms with E-state index in [-0.39, 0.29) is 18.3 Å². The Labute approximate surface area is 132 Å². The fourth-order valence-electron chi connectivity index (χ4n) is 1.85. The van der Waals surface area contributed by atoms with Gasteiger partial charge in [0.15, 0.2) is 0 Å². The number of hydrogen-bond donors (Lipinski definition) is 2. The van der Waals surface area contributed by atoms with Crippen LogP contribution in [-0.2, 0) is 11.2 Å². The van der Waals surface area contributed by atoms with Crippen molar-refractivity contribution in [3.8, 4) is 11.5 Å². The summed E-state index contributed by atoms with van der Waals surface area (Å²) in [4.78, 5) is 11.7. The lowest BCUT2D eigenvalue weighted by Gasteiger charge is -2.09. The van der Waals surface area contributed by atoms with Gasteiger partial charge in [-0.05, 0) is 44.1 Å². The molecule has 0 aliphatic rings. The Balaban J connectivity index is 0.00000400. The number of methoxy groups -OCH3 is 2. The molecule has 0 atom stereocenters. The van der Waals surface area contributed by atoms with E-state index < -0.39 is 0 Å². The molecule has 0 saturated heterocycles. The normalized spacial score (nSPS) is 9.67. The van der Waals surface area contributed by atoms with Crippen molar-refractivity contribution in [3.05, 3.63) is 23.8 Å². The second-order valence-corrected chi connectivity index (χ2v) is 4.53. The smallest absolute Gasteiger partial charge is 0.220 e. The molecule has 0 spiro atoms. The molecule has 2 N–H and O–H groups in total. The summed E-state index contributed by atoms with van der Waals surface area (Å²) in [6.07, 6.45) is 2.08. The van der Waals surface area contributed by atoms with E-state index in [9.17, 15) is 4.79 Å². The fraction of sp³-hybridized carbons (Fsp3) is 0.533. The highest BCUT2D eigenvalue weighted by Crippen LogP contribution is 2.23. The molecule has 21 heavy (non-hydrogen) atoms. The highest BCUT2D eigenvalue weighted by Gasteiger charge is 2.05. The van der Waals surface area contributed by atoms with Crippen LogP contribution >= 0.6 is 12.4 Å². The highest BCUT2D eigenvalue weighted by molar-refractivity contribution is 5.85. The maximum Gasteiger partial charge on any atom is 0.220 e. The zero-order valence-electron chi connectivity index (χ0n) is 12.9. The topological polar surface area (TPSA) is 59.6 Å². The van der Waals surface area contributed by atoms with E-state index in [4.69, 9.17) is 9.47 Å². The molecule has 0 saturated carbocycles. The molecule has 0 aliphatic carbocycles. The van der Waals surface area contributed by atoms with Crippen molar-refractivity contribution in [2.75, 3.05) is 34.4 Å². The van der Waals surface area contributed by atoms with Crippen molar-refractivity contribution < 1.29 is 14.3 Å². The van der Waals surface area contributed by atoms with Gasteiger partial charge in [-0.3, -0.25) is 4.79 Å². The van der Waals surface area contributed by atoms with E-state index in [1.54, 1.807) is 14.2 Å². The van der Waals surface area contributed by atoms with E-state index in [0.29, 0.717) is 19.4 Å². The van der Waals surface area contributed by atoms with Gasteiger partial charge in [0.25, 0.3) is 0 Å². The number of aryl methyl sites for hydroxylation is 1. The average molecular weight is 317 g/mol. The summed E-state index contributed by atoms with van der Waals surface area (Å²) < 4.78 is 10.4. The van der Waals surface area contributed by atoms with Gasteiger partial charge in [0.1, 0.15) is 11.5 Å². The van der Waals surface area contributed by atoms with Crippen molar-refractivity contribution in [1.29, 1.82) is 0 Å². The molecule has 6 heteroatoms. The lowest BCUT2D eigenvalue weighted by molar-refractivity contribution is -0.121. The molecule has 1 aromatic carbocycles. The third-order valence-electron chi connectivity index (χ3n) is 2.98. The largest absolute Gasteiger partial charge is 0.497 e. The first kappa shape index (κ1) is 19.5. The summed E-state index contributed by atoms with van der Waals surface area (Å²) in [5.41, 5.74) is 1.03. The molecule has 0 unspecified atom stereocenters. The zero-order valence-corrected chi connectivity index (χ0v) is 13.7. The van der Waals surface area contributed by atoms with Crippen LogP contribution in [0.1, 0.15) is 18.4 Å². The van der Waals surface area contributed by atoms with Gasteiger partial charge in [-0.1, -0.05) is 0 Å². The number of hydrogen-bond acceptors (Lipinski definition) is 4. The standard InChI is InChI=1S/C15H24N2O3.ClH/c1-16-7-4-8-17-15(18)6-5-12-9-13(19-2)11-14(10-12)20-3;/h9-11,16H,4-8H2,1-3H3,(H,17,18);1H. The Morgan fingerprint density at radius 2 is 1.71 bits per heavy atom. The summed E-state index contributed by atoms with van der Waals surface area (Å²) >= 11 is 0. The van der Waals surface area contributed by atoms with Crippen molar-refractivity contribution >= 4 is 18.3 Å². The first-order chi connectivity index (χ1) is 9.69. The molecular weight excluding hydrogens is 292 g/mol. The molecule has 0 aromatic heterocycles. The average Bonchev–Trinajstić information content (AvgIpc) is 2.49. The Hall–Kier alpha value is -1.46. The number of amides is 1. The van der Waals surface area contributed by atoms with Gasteiger partial charge in [-0.25, -0.2) is 0 Å². The molecule has 0 aliphatic heterocycles. The van der Waals surface area contributed by atoms with Crippen molar-refractivity contribution in [3.63, 3.8) is 0 Å². The molecule has 0 fully saturated rings. The van der Waals surface area contributed by atoms with Gasteiger partial charge < -0.3 is 20.1 Å². The zero-order chi connectivity index (χ0) is 14.8. The highest BCUT2D eigenvalue weighted by atomic mass is 35.5. The SMILES string of the molecule is CNCCCNC(=O)CCc1cc(OC)cc(OC)c1.Cl. The van der Waals surface area contributed by atoms with E-state index in [1.165, 1.54) is 0 Å². The minimum atomic E-state index is 0. The van der Waals surface area contributed by atoms with Crippen LogP contribution in [0.3, 0.4) is 0 Å². The molecular formula is C15H25ClN2O3. The molecule has 0 radical (unpaired) electrons. The third-order valence-corrected chi connectivity index (χ3v) is 2.98. The summed E-state index contributed by atoms with van der Waals surface area (Å²) in [6.45, 7) is 1.62. The number of carbonyl (C=O) groups is 1. The third kappa shape index (κ3) is 7.78. The molecule has 0 heterocycles. The van der Waals surface area contributed by atoms with Gasteiger partial charge >= 0.3 is 0 Å². The van der Waals surface area contributed by atoms with Crippen LogP contribution in [0.4, 0.5) is 0 Å². The fourth-order valence-corrected chi connectivity index (χ4v) is 1.85. The van der Waals surface area contributed by atoms with Crippen LogP contribution in [0.25, 0.3) is 0 Å². The summed E-state index contributed by atoms with van der Waals surface area (Å²) in [5, 5.41) is 5.95. The van der Waals surface area contributed by atoms with Crippen molar-refractivity contribution in [2.24, 2.45) is 0 Å². The predicted octanol–water partition coefficient (Wildman–Crippen LogP) is 1.78. The molecule has 1 aromatic rings. The maximum atomic E-state index is 11.7. The van der Waals surface area contributed by atoms with Crippen LogP contribution in [0.5, 0.6) is 11.5 Å². The van der Waals surface area contributed by atoms with Crippen LogP contribution in [0.2, 0.25) is 0 Å². The van der Waals surface area contributed by atoms with Crippen LogP contribution in [0, 0.1) is 0 Å². The lowest BCUT2D eigenvalue weighted by Crippen LogP contribution is -2.26. The minimum Gasteiger partial charge on any atom is -0.497 e.